The fourth-order valence-corrected chi connectivity index (χ4v) is 3.08. The second-order valence-electron chi connectivity index (χ2n) is 7.26. The van der Waals surface area contributed by atoms with Crippen LogP contribution in [0.2, 0.25) is 0 Å². The second kappa shape index (κ2) is 12.5. The highest BCUT2D eigenvalue weighted by molar-refractivity contribution is 5.89. The Morgan fingerprint density at radius 3 is 2.23 bits per heavy atom. The lowest BCUT2D eigenvalue weighted by Gasteiger charge is -2.17. The molecule has 31 heavy (non-hydrogen) atoms. The molecule has 0 saturated carbocycles. The first-order valence-corrected chi connectivity index (χ1v) is 10.2. The molecule has 1 aliphatic rings. The van der Waals surface area contributed by atoms with Crippen molar-refractivity contribution in [2.75, 3.05) is 13.1 Å². The zero-order valence-electron chi connectivity index (χ0n) is 17.8. The van der Waals surface area contributed by atoms with Crippen LogP contribution in [0.1, 0.15) is 25.8 Å². The molecule has 3 N–H and O–H groups in total. The minimum absolute atomic E-state index is 0.157. The predicted octanol–water partition coefficient (Wildman–Crippen LogP) is 3.73. The molecule has 0 bridgehead atoms. The van der Waals surface area contributed by atoms with Crippen LogP contribution in [0.4, 0.5) is 0 Å². The van der Waals surface area contributed by atoms with E-state index in [1.807, 2.05) is 12.1 Å². The summed E-state index contributed by atoms with van der Waals surface area (Å²) in [6, 6.07) is 16.7. The topological polar surface area (TPSA) is 105 Å². The number of ether oxygens (including phenoxy) is 2. The monoisotopic (exact) mass is 427 g/mol. The highest BCUT2D eigenvalue weighted by Crippen LogP contribution is 2.33. The number of para-hydroxylation sites is 1. The molecule has 0 aromatic heterocycles. The number of hydrogen-bond acceptors (Lipinski definition) is 5. The zero-order chi connectivity index (χ0) is 22.6. The highest BCUT2D eigenvalue weighted by atomic mass is 16.5. The van der Waals surface area contributed by atoms with Crippen LogP contribution in [0.25, 0.3) is 11.1 Å². The summed E-state index contributed by atoms with van der Waals surface area (Å²) in [5.74, 6) is -1.59. The molecule has 2 aromatic rings. The van der Waals surface area contributed by atoms with Gasteiger partial charge in [-0.1, -0.05) is 42.5 Å². The van der Waals surface area contributed by atoms with Crippen molar-refractivity contribution in [3.63, 3.8) is 0 Å². The van der Waals surface area contributed by atoms with Crippen LogP contribution in [0, 0.1) is 0 Å². The molecule has 166 valence electrons. The lowest BCUT2D eigenvalue weighted by molar-refractivity contribution is -0.134. The van der Waals surface area contributed by atoms with E-state index in [0.717, 1.165) is 30.8 Å². The highest BCUT2D eigenvalue weighted by Gasteiger charge is 2.16. The summed E-state index contributed by atoms with van der Waals surface area (Å²) in [4.78, 5) is 19.1. The molecule has 7 heteroatoms. The molecule has 0 amide bonds. The SMILES string of the molecule is CC(C)Oc1ccccc1-c1ccccc1CO[C@H]1CCNC1.O=C(O)/C=C/C(=O)O. The van der Waals surface area contributed by atoms with Crippen LogP contribution in [0.5, 0.6) is 5.75 Å². The summed E-state index contributed by atoms with van der Waals surface area (Å²) in [7, 11) is 0. The number of carboxylic acid groups (broad SMARTS) is 2. The van der Waals surface area contributed by atoms with Gasteiger partial charge in [0.25, 0.3) is 0 Å². The molecule has 1 saturated heterocycles. The number of carbonyl (C=O) groups is 2. The third-order valence-electron chi connectivity index (χ3n) is 4.42. The van der Waals surface area contributed by atoms with Gasteiger partial charge in [0.2, 0.25) is 0 Å². The van der Waals surface area contributed by atoms with Gasteiger partial charge in [-0.25, -0.2) is 9.59 Å². The van der Waals surface area contributed by atoms with E-state index in [4.69, 9.17) is 19.7 Å². The molecule has 0 spiro atoms. The molecule has 2 aromatic carbocycles. The van der Waals surface area contributed by atoms with E-state index < -0.39 is 11.9 Å². The number of rotatable bonds is 8. The summed E-state index contributed by atoms with van der Waals surface area (Å²) < 4.78 is 12.1. The molecule has 0 unspecified atom stereocenters. The standard InChI is InChI=1S/C20H25NO2.C4H4O4/c1-15(2)23-20-10-6-5-9-19(20)18-8-4-3-7-16(18)14-22-17-11-12-21-13-17;5-3(6)1-2-4(7)8/h3-10,15,17,21H,11-14H2,1-2H3;1-2H,(H,5,6)(H,7,8)/b;2-1+/t17-;/m0./s1. The van der Waals surface area contributed by atoms with E-state index >= 15 is 0 Å². The minimum atomic E-state index is -1.26. The summed E-state index contributed by atoms with van der Waals surface area (Å²) in [6.07, 6.45) is 2.69. The number of hydrogen-bond donors (Lipinski definition) is 3. The molecule has 1 fully saturated rings. The van der Waals surface area contributed by atoms with Crippen LogP contribution in [0.15, 0.2) is 60.7 Å². The van der Waals surface area contributed by atoms with Gasteiger partial charge in [0.05, 0.1) is 18.8 Å². The predicted molar refractivity (Wildman–Crippen MR) is 118 cm³/mol. The van der Waals surface area contributed by atoms with E-state index in [9.17, 15) is 9.59 Å². The van der Waals surface area contributed by atoms with E-state index in [0.29, 0.717) is 24.9 Å². The summed E-state index contributed by atoms with van der Waals surface area (Å²) in [5, 5.41) is 19.0. The molecular formula is C24H29NO6. The van der Waals surface area contributed by atoms with Crippen LogP contribution >= 0.6 is 0 Å². The first kappa shape index (κ1) is 24.1. The molecule has 3 rings (SSSR count). The van der Waals surface area contributed by atoms with Crippen LogP contribution < -0.4 is 10.1 Å². The normalized spacial score (nSPS) is 15.5. The van der Waals surface area contributed by atoms with Crippen LogP contribution in [0.3, 0.4) is 0 Å². The van der Waals surface area contributed by atoms with Crippen LogP contribution in [-0.2, 0) is 20.9 Å². The first-order valence-electron chi connectivity index (χ1n) is 10.2. The number of benzene rings is 2. The summed E-state index contributed by atoms with van der Waals surface area (Å²) in [6.45, 7) is 6.75. The molecule has 0 radical (unpaired) electrons. The van der Waals surface area contributed by atoms with Gasteiger partial charge in [-0.2, -0.15) is 0 Å². The van der Waals surface area contributed by atoms with Crippen molar-refractivity contribution in [2.45, 2.75) is 39.1 Å². The Morgan fingerprint density at radius 1 is 1.03 bits per heavy atom. The maximum absolute atomic E-state index is 9.55. The van der Waals surface area contributed by atoms with Crippen molar-refractivity contribution < 1.29 is 29.3 Å². The van der Waals surface area contributed by atoms with Gasteiger partial charge in [0.1, 0.15) is 5.75 Å². The van der Waals surface area contributed by atoms with Gasteiger partial charge < -0.3 is 25.0 Å². The largest absolute Gasteiger partial charge is 0.490 e. The Kier molecular flexibility index (Phi) is 9.74. The van der Waals surface area contributed by atoms with Crippen molar-refractivity contribution in [1.29, 1.82) is 0 Å². The van der Waals surface area contributed by atoms with Gasteiger partial charge in [-0.3, -0.25) is 0 Å². The second-order valence-corrected chi connectivity index (χ2v) is 7.26. The van der Waals surface area contributed by atoms with E-state index in [-0.39, 0.29) is 6.10 Å². The smallest absolute Gasteiger partial charge is 0.328 e. The van der Waals surface area contributed by atoms with Crippen LogP contribution in [-0.4, -0.2) is 47.4 Å². The third kappa shape index (κ3) is 8.62. The fraction of sp³-hybridized carbons (Fsp3) is 0.333. The Bertz CT molecular complexity index is 871. The number of nitrogens with one attached hydrogen (secondary N) is 1. The summed E-state index contributed by atoms with van der Waals surface area (Å²) in [5.41, 5.74) is 3.53. The average molecular weight is 427 g/mol. The van der Waals surface area contributed by atoms with Crippen molar-refractivity contribution in [2.24, 2.45) is 0 Å². The maximum Gasteiger partial charge on any atom is 0.328 e. The molecular weight excluding hydrogens is 398 g/mol. The maximum atomic E-state index is 9.55. The average Bonchev–Trinajstić information content (AvgIpc) is 3.25. The quantitative estimate of drug-likeness (QED) is 0.551. The zero-order valence-corrected chi connectivity index (χ0v) is 17.8. The van der Waals surface area contributed by atoms with Crippen molar-refractivity contribution in [3.8, 4) is 16.9 Å². The van der Waals surface area contributed by atoms with Gasteiger partial charge in [0.15, 0.2) is 0 Å². The molecule has 0 aliphatic carbocycles. The fourth-order valence-electron chi connectivity index (χ4n) is 3.08. The first-order chi connectivity index (χ1) is 14.9. The van der Waals surface area contributed by atoms with E-state index in [1.54, 1.807) is 0 Å². The molecule has 7 nitrogen and oxygen atoms in total. The lowest BCUT2D eigenvalue weighted by atomic mass is 9.99. The summed E-state index contributed by atoms with van der Waals surface area (Å²) >= 11 is 0. The van der Waals surface area contributed by atoms with Crippen molar-refractivity contribution >= 4 is 11.9 Å². The minimum Gasteiger partial charge on any atom is -0.490 e. The van der Waals surface area contributed by atoms with Gasteiger partial charge in [-0.05, 0) is 44.0 Å². The molecule has 1 heterocycles. The van der Waals surface area contributed by atoms with Crippen molar-refractivity contribution in [1.82, 2.24) is 5.32 Å². The number of carboxylic acids is 2. The van der Waals surface area contributed by atoms with Gasteiger partial charge >= 0.3 is 11.9 Å². The lowest BCUT2D eigenvalue weighted by Crippen LogP contribution is -2.16. The Hall–Kier alpha value is -3.16. The molecule has 1 atom stereocenters. The van der Waals surface area contributed by atoms with E-state index in [1.165, 1.54) is 11.1 Å². The third-order valence-corrected chi connectivity index (χ3v) is 4.42. The van der Waals surface area contributed by atoms with E-state index in [2.05, 4.69) is 55.6 Å². The molecule has 1 aliphatic heterocycles. The Morgan fingerprint density at radius 2 is 1.65 bits per heavy atom. The van der Waals surface area contributed by atoms with Gasteiger partial charge in [-0.15, -0.1) is 0 Å². The number of aliphatic carboxylic acids is 2. The van der Waals surface area contributed by atoms with Gasteiger partial charge in [0, 0.05) is 24.3 Å². The Balaban J connectivity index is 0.000000366. The van der Waals surface area contributed by atoms with Crippen molar-refractivity contribution in [3.05, 3.63) is 66.2 Å². The Labute approximate surface area is 182 Å².